The second-order valence-corrected chi connectivity index (χ2v) is 2.99. The fraction of sp³-hybridized carbons (Fsp3) is 0.375. The Morgan fingerprint density at radius 2 is 2.25 bits per heavy atom. The Kier molecular flexibility index (Phi) is 2.76. The van der Waals surface area contributed by atoms with E-state index in [2.05, 4.69) is 0 Å². The fourth-order valence-electron chi connectivity index (χ4n) is 1.04. The molecule has 1 N–H and O–H groups in total. The molecule has 0 unspecified atom stereocenters. The molecule has 66 valence electrons. The van der Waals surface area contributed by atoms with Crippen LogP contribution in [0.4, 0.5) is 0 Å². The van der Waals surface area contributed by atoms with Crippen LogP contribution in [0.15, 0.2) is 16.9 Å². The van der Waals surface area contributed by atoms with Gasteiger partial charge in [-0.1, -0.05) is 0 Å². The zero-order valence-electron chi connectivity index (χ0n) is 6.75. The van der Waals surface area contributed by atoms with E-state index < -0.39 is 5.56 Å². The molecule has 0 saturated carbocycles. The van der Waals surface area contributed by atoms with Crippen molar-refractivity contribution in [3.05, 3.63) is 33.7 Å². The molecule has 0 radical (unpaired) electrons. The summed E-state index contributed by atoms with van der Waals surface area (Å²) < 4.78 is 0.634. The topological polar surface area (TPSA) is 42.2 Å². The largest absolute Gasteiger partial charge is 0.425 e. The highest BCUT2D eigenvalue weighted by atomic mass is 35.5. The van der Waals surface area contributed by atoms with Gasteiger partial charge >= 0.3 is 0 Å². The number of aromatic nitrogens is 1. The first-order valence-electron chi connectivity index (χ1n) is 3.63. The third kappa shape index (κ3) is 1.80. The first kappa shape index (κ1) is 9.13. The van der Waals surface area contributed by atoms with Crippen LogP contribution in [0.3, 0.4) is 0 Å². The van der Waals surface area contributed by atoms with Crippen molar-refractivity contribution in [1.82, 2.24) is 4.73 Å². The van der Waals surface area contributed by atoms with Crippen LogP contribution in [0, 0.1) is 6.92 Å². The van der Waals surface area contributed by atoms with E-state index in [1.165, 1.54) is 6.07 Å². The molecule has 0 spiro atoms. The Bertz CT molecular complexity index is 332. The van der Waals surface area contributed by atoms with Gasteiger partial charge in [0.1, 0.15) is 0 Å². The van der Waals surface area contributed by atoms with Crippen molar-refractivity contribution >= 4 is 11.6 Å². The lowest BCUT2D eigenvalue weighted by Gasteiger charge is -2.04. The third-order valence-corrected chi connectivity index (χ3v) is 1.77. The standard InChI is InChI=1S/C8H10ClNO2/c1-6-4-7(2-3-9)10(12)8(11)5-6/h4-5,12H,2-3H2,1H3. The summed E-state index contributed by atoms with van der Waals surface area (Å²) in [5.41, 5.74) is 0.982. The number of hydrogen-bond donors (Lipinski definition) is 1. The van der Waals surface area contributed by atoms with E-state index in [1.807, 2.05) is 0 Å². The van der Waals surface area contributed by atoms with Crippen LogP contribution in [0.5, 0.6) is 0 Å². The number of hydrogen-bond acceptors (Lipinski definition) is 2. The van der Waals surface area contributed by atoms with Crippen LogP contribution in [0.25, 0.3) is 0 Å². The van der Waals surface area contributed by atoms with E-state index in [0.29, 0.717) is 22.7 Å². The molecule has 0 saturated heterocycles. The Balaban J connectivity index is 3.18. The molecule has 3 nitrogen and oxygen atoms in total. The molecule has 1 heterocycles. The Morgan fingerprint density at radius 1 is 1.58 bits per heavy atom. The molecular formula is C8H10ClNO2. The van der Waals surface area contributed by atoms with Gasteiger partial charge in [0.25, 0.3) is 5.56 Å². The van der Waals surface area contributed by atoms with E-state index >= 15 is 0 Å². The summed E-state index contributed by atoms with van der Waals surface area (Å²) in [7, 11) is 0. The van der Waals surface area contributed by atoms with Crippen LogP contribution < -0.4 is 5.56 Å². The summed E-state index contributed by atoms with van der Waals surface area (Å²) >= 11 is 5.49. The highest BCUT2D eigenvalue weighted by molar-refractivity contribution is 6.17. The minimum Gasteiger partial charge on any atom is -0.425 e. The number of pyridine rings is 1. The first-order chi connectivity index (χ1) is 5.65. The summed E-state index contributed by atoms with van der Waals surface area (Å²) in [5.74, 6) is 0.392. The maximum atomic E-state index is 11.0. The second-order valence-electron chi connectivity index (χ2n) is 2.61. The number of halogens is 1. The zero-order valence-corrected chi connectivity index (χ0v) is 7.51. The highest BCUT2D eigenvalue weighted by Gasteiger charge is 2.02. The van der Waals surface area contributed by atoms with Crippen molar-refractivity contribution in [3.8, 4) is 0 Å². The predicted octanol–water partition coefficient (Wildman–Crippen LogP) is 1.18. The zero-order chi connectivity index (χ0) is 9.14. The number of aryl methyl sites for hydroxylation is 2. The van der Waals surface area contributed by atoms with Gasteiger partial charge in [0.2, 0.25) is 0 Å². The molecule has 0 aliphatic rings. The Labute approximate surface area is 75.2 Å². The normalized spacial score (nSPS) is 10.2. The van der Waals surface area contributed by atoms with Gasteiger partial charge in [0.15, 0.2) is 0 Å². The van der Waals surface area contributed by atoms with Crippen molar-refractivity contribution in [2.45, 2.75) is 13.3 Å². The number of alkyl halides is 1. The van der Waals surface area contributed by atoms with Crippen molar-refractivity contribution in [2.75, 3.05) is 5.88 Å². The lowest BCUT2D eigenvalue weighted by molar-refractivity contribution is 0.165. The quantitative estimate of drug-likeness (QED) is 0.558. The van der Waals surface area contributed by atoms with E-state index in [0.717, 1.165) is 5.56 Å². The van der Waals surface area contributed by atoms with Gasteiger partial charge < -0.3 is 5.21 Å². The summed E-state index contributed by atoms with van der Waals surface area (Å²) in [5, 5.41) is 9.20. The summed E-state index contributed by atoms with van der Waals surface area (Å²) in [6.45, 7) is 1.80. The van der Waals surface area contributed by atoms with Crippen LogP contribution in [-0.2, 0) is 6.42 Å². The Hall–Kier alpha value is -0.960. The molecule has 0 atom stereocenters. The summed E-state index contributed by atoms with van der Waals surface area (Å²) in [6.07, 6.45) is 0.495. The minimum atomic E-state index is -0.407. The summed E-state index contributed by atoms with van der Waals surface area (Å²) in [6, 6.07) is 3.11. The molecule has 0 fully saturated rings. The molecule has 1 aromatic rings. The van der Waals surface area contributed by atoms with Crippen molar-refractivity contribution in [3.63, 3.8) is 0 Å². The molecular weight excluding hydrogens is 178 g/mol. The molecule has 1 aromatic heterocycles. The van der Waals surface area contributed by atoms with Crippen molar-refractivity contribution in [2.24, 2.45) is 0 Å². The van der Waals surface area contributed by atoms with E-state index in [1.54, 1.807) is 13.0 Å². The van der Waals surface area contributed by atoms with Crippen LogP contribution >= 0.6 is 11.6 Å². The van der Waals surface area contributed by atoms with Gasteiger partial charge in [-0.3, -0.25) is 4.79 Å². The van der Waals surface area contributed by atoms with Crippen LogP contribution in [0.1, 0.15) is 11.3 Å². The molecule has 0 aliphatic carbocycles. The van der Waals surface area contributed by atoms with E-state index in [-0.39, 0.29) is 0 Å². The van der Waals surface area contributed by atoms with Crippen LogP contribution in [-0.4, -0.2) is 15.8 Å². The molecule has 12 heavy (non-hydrogen) atoms. The molecule has 0 aliphatic heterocycles. The van der Waals surface area contributed by atoms with Gasteiger partial charge in [-0.25, -0.2) is 0 Å². The van der Waals surface area contributed by atoms with Crippen LogP contribution in [0.2, 0.25) is 0 Å². The number of nitrogens with zero attached hydrogens (tertiary/aromatic N) is 1. The third-order valence-electron chi connectivity index (χ3n) is 1.58. The van der Waals surface area contributed by atoms with E-state index in [9.17, 15) is 10.0 Å². The summed E-state index contributed by atoms with van der Waals surface area (Å²) in [4.78, 5) is 11.0. The van der Waals surface area contributed by atoms with Gasteiger partial charge in [-0.05, 0) is 18.6 Å². The monoisotopic (exact) mass is 187 g/mol. The molecule has 0 aromatic carbocycles. The highest BCUT2D eigenvalue weighted by Crippen LogP contribution is 2.01. The fourth-order valence-corrected chi connectivity index (χ4v) is 1.23. The first-order valence-corrected chi connectivity index (χ1v) is 4.16. The van der Waals surface area contributed by atoms with Gasteiger partial charge in [0.05, 0.1) is 5.69 Å². The Morgan fingerprint density at radius 3 is 2.83 bits per heavy atom. The number of rotatable bonds is 2. The maximum absolute atomic E-state index is 11.0. The van der Waals surface area contributed by atoms with Crippen molar-refractivity contribution < 1.29 is 5.21 Å². The van der Waals surface area contributed by atoms with Gasteiger partial charge in [-0.15, -0.1) is 11.6 Å². The maximum Gasteiger partial charge on any atom is 0.283 e. The lowest BCUT2D eigenvalue weighted by Crippen LogP contribution is -2.21. The molecule has 0 amide bonds. The smallest absolute Gasteiger partial charge is 0.283 e. The molecule has 1 rings (SSSR count). The van der Waals surface area contributed by atoms with Gasteiger partial charge in [0, 0.05) is 18.4 Å². The average molecular weight is 188 g/mol. The van der Waals surface area contributed by atoms with E-state index in [4.69, 9.17) is 11.6 Å². The van der Waals surface area contributed by atoms with Gasteiger partial charge in [-0.2, -0.15) is 4.73 Å². The SMILES string of the molecule is Cc1cc(CCCl)n(O)c(=O)c1. The molecule has 0 bridgehead atoms. The minimum absolute atomic E-state index is 0.392. The predicted molar refractivity (Wildman–Crippen MR) is 47.0 cm³/mol. The average Bonchev–Trinajstić information content (AvgIpc) is 2.00. The second kappa shape index (κ2) is 3.63. The van der Waals surface area contributed by atoms with Crippen molar-refractivity contribution in [1.29, 1.82) is 0 Å². The molecule has 4 heteroatoms. The lowest BCUT2D eigenvalue weighted by atomic mass is 10.2.